The summed E-state index contributed by atoms with van der Waals surface area (Å²) >= 11 is 0. The van der Waals surface area contributed by atoms with E-state index in [9.17, 15) is 22.8 Å². The van der Waals surface area contributed by atoms with Crippen LogP contribution in [0.15, 0.2) is 42.6 Å². The van der Waals surface area contributed by atoms with Gasteiger partial charge in [0.15, 0.2) is 6.61 Å². The summed E-state index contributed by atoms with van der Waals surface area (Å²) in [5.74, 6) is -0.763. The number of alkyl halides is 3. The molecule has 0 atom stereocenters. The number of rotatable bonds is 6. The number of halogens is 3. The molecule has 27 heavy (non-hydrogen) atoms. The van der Waals surface area contributed by atoms with Crippen molar-refractivity contribution >= 4 is 11.8 Å². The number of carbonyl (C=O) groups is 2. The molecule has 2 aromatic rings. The lowest BCUT2D eigenvalue weighted by Gasteiger charge is -2.17. The van der Waals surface area contributed by atoms with Gasteiger partial charge in [-0.2, -0.15) is 13.2 Å². The van der Waals surface area contributed by atoms with Gasteiger partial charge in [-0.25, -0.2) is 4.98 Å². The predicted octanol–water partition coefficient (Wildman–Crippen LogP) is 2.65. The van der Waals surface area contributed by atoms with Gasteiger partial charge in [0, 0.05) is 38.5 Å². The molecule has 0 fully saturated rings. The largest absolute Gasteiger partial charge is 0.468 e. The fourth-order valence-corrected chi connectivity index (χ4v) is 2.22. The number of aromatic nitrogens is 1. The Morgan fingerprint density at radius 1 is 1.11 bits per heavy atom. The molecule has 0 radical (unpaired) electrons. The Morgan fingerprint density at radius 2 is 1.74 bits per heavy atom. The SMILES string of the molecule is CNC(=O)c1ccc(CN(C)C(=O)c2ccc(OCC(F)(F)F)nc2)cc1. The van der Waals surface area contributed by atoms with E-state index in [1.54, 1.807) is 31.3 Å². The minimum absolute atomic E-state index is 0.204. The summed E-state index contributed by atoms with van der Waals surface area (Å²) in [6.07, 6.45) is -3.29. The number of ether oxygens (including phenoxy) is 1. The van der Waals surface area contributed by atoms with Gasteiger partial charge in [0.05, 0.1) is 5.56 Å². The third-order valence-corrected chi connectivity index (χ3v) is 3.58. The lowest BCUT2D eigenvalue weighted by atomic mass is 10.1. The van der Waals surface area contributed by atoms with Crippen LogP contribution in [-0.4, -0.2) is 48.6 Å². The summed E-state index contributed by atoms with van der Waals surface area (Å²) < 4.78 is 40.9. The number of pyridine rings is 1. The molecule has 0 saturated carbocycles. The molecule has 0 aliphatic heterocycles. The van der Waals surface area contributed by atoms with E-state index in [1.807, 2.05) is 0 Å². The van der Waals surface area contributed by atoms with Crippen LogP contribution in [0.2, 0.25) is 0 Å². The van der Waals surface area contributed by atoms with Gasteiger partial charge in [-0.15, -0.1) is 0 Å². The number of amides is 2. The van der Waals surface area contributed by atoms with Crippen molar-refractivity contribution in [1.82, 2.24) is 15.2 Å². The minimum atomic E-state index is -4.45. The van der Waals surface area contributed by atoms with E-state index in [0.29, 0.717) is 12.1 Å². The molecule has 2 amide bonds. The number of carbonyl (C=O) groups excluding carboxylic acids is 2. The van der Waals surface area contributed by atoms with Gasteiger partial charge in [-0.1, -0.05) is 12.1 Å². The van der Waals surface area contributed by atoms with Crippen LogP contribution < -0.4 is 10.1 Å². The monoisotopic (exact) mass is 381 g/mol. The topological polar surface area (TPSA) is 71.5 Å². The van der Waals surface area contributed by atoms with Crippen LogP contribution in [0.3, 0.4) is 0 Å². The quantitative estimate of drug-likeness (QED) is 0.835. The third kappa shape index (κ3) is 5.98. The molecule has 9 heteroatoms. The molecule has 0 unspecified atom stereocenters. The van der Waals surface area contributed by atoms with Gasteiger partial charge < -0.3 is 15.0 Å². The van der Waals surface area contributed by atoms with Gasteiger partial charge >= 0.3 is 6.18 Å². The number of hydrogen-bond acceptors (Lipinski definition) is 4. The van der Waals surface area contributed by atoms with Gasteiger partial charge in [-0.05, 0) is 23.8 Å². The summed E-state index contributed by atoms with van der Waals surface area (Å²) in [4.78, 5) is 29.1. The predicted molar refractivity (Wildman–Crippen MR) is 91.4 cm³/mol. The first-order chi connectivity index (χ1) is 12.7. The molecule has 0 aliphatic rings. The number of nitrogens with one attached hydrogen (secondary N) is 1. The molecule has 1 aromatic heterocycles. The fraction of sp³-hybridized carbons (Fsp3) is 0.278. The maximum absolute atomic E-state index is 12.4. The Labute approximate surface area is 154 Å². The van der Waals surface area contributed by atoms with Crippen LogP contribution in [0.1, 0.15) is 26.3 Å². The van der Waals surface area contributed by atoms with E-state index in [4.69, 9.17) is 0 Å². The van der Waals surface area contributed by atoms with Gasteiger partial charge in [-0.3, -0.25) is 9.59 Å². The van der Waals surface area contributed by atoms with Crippen molar-refractivity contribution < 1.29 is 27.5 Å². The average molecular weight is 381 g/mol. The Hall–Kier alpha value is -3.10. The molecule has 1 heterocycles. The summed E-state index contributed by atoms with van der Waals surface area (Å²) in [6.45, 7) is -1.15. The summed E-state index contributed by atoms with van der Waals surface area (Å²) in [5, 5.41) is 2.52. The molecule has 144 valence electrons. The zero-order chi connectivity index (χ0) is 20.0. The zero-order valence-corrected chi connectivity index (χ0v) is 14.7. The molecule has 1 N–H and O–H groups in total. The van der Waals surface area contributed by atoms with Crippen molar-refractivity contribution in [3.8, 4) is 5.88 Å². The fourth-order valence-electron chi connectivity index (χ4n) is 2.22. The molecule has 1 aromatic carbocycles. The average Bonchev–Trinajstić information content (AvgIpc) is 2.65. The maximum atomic E-state index is 12.4. The zero-order valence-electron chi connectivity index (χ0n) is 14.7. The van der Waals surface area contributed by atoms with E-state index in [2.05, 4.69) is 15.0 Å². The standard InChI is InChI=1S/C18H18F3N3O3/c1-22-16(25)13-5-3-12(4-6-13)10-24(2)17(26)14-7-8-15(23-9-14)27-11-18(19,20)21/h3-9H,10-11H2,1-2H3,(H,22,25). The number of nitrogens with zero attached hydrogens (tertiary/aromatic N) is 2. The van der Waals surface area contributed by atoms with Crippen LogP contribution in [0, 0.1) is 0 Å². The first-order valence-corrected chi connectivity index (χ1v) is 7.91. The summed E-state index contributed by atoms with van der Waals surface area (Å²) in [7, 11) is 3.12. The Balaban J connectivity index is 1.97. The van der Waals surface area contributed by atoms with Crippen molar-refractivity contribution in [2.75, 3.05) is 20.7 Å². The smallest absolute Gasteiger partial charge is 0.422 e. The van der Waals surface area contributed by atoms with Crippen LogP contribution in [-0.2, 0) is 6.54 Å². The molecular weight excluding hydrogens is 363 g/mol. The molecular formula is C18H18F3N3O3. The van der Waals surface area contributed by atoms with Gasteiger partial charge in [0.1, 0.15) is 0 Å². The molecule has 0 saturated heterocycles. The van der Waals surface area contributed by atoms with E-state index < -0.39 is 12.8 Å². The molecule has 0 aliphatic carbocycles. The highest BCUT2D eigenvalue weighted by Gasteiger charge is 2.28. The molecule has 2 rings (SSSR count). The highest BCUT2D eigenvalue weighted by molar-refractivity contribution is 5.94. The molecule has 6 nitrogen and oxygen atoms in total. The lowest BCUT2D eigenvalue weighted by molar-refractivity contribution is -0.154. The summed E-state index contributed by atoms with van der Waals surface area (Å²) in [5.41, 5.74) is 1.55. The van der Waals surface area contributed by atoms with Crippen LogP contribution >= 0.6 is 0 Å². The van der Waals surface area contributed by atoms with Gasteiger partial charge in [0.2, 0.25) is 5.88 Å². The normalized spacial score (nSPS) is 11.0. The minimum Gasteiger partial charge on any atom is -0.468 e. The Morgan fingerprint density at radius 3 is 2.26 bits per heavy atom. The molecule has 0 spiro atoms. The lowest BCUT2D eigenvalue weighted by Crippen LogP contribution is -2.26. The van der Waals surface area contributed by atoms with E-state index in [-0.39, 0.29) is 23.3 Å². The van der Waals surface area contributed by atoms with Crippen LogP contribution in [0.5, 0.6) is 5.88 Å². The third-order valence-electron chi connectivity index (χ3n) is 3.58. The van der Waals surface area contributed by atoms with E-state index in [1.165, 1.54) is 30.3 Å². The van der Waals surface area contributed by atoms with Crippen molar-refractivity contribution in [2.45, 2.75) is 12.7 Å². The van der Waals surface area contributed by atoms with Gasteiger partial charge in [0.25, 0.3) is 11.8 Å². The van der Waals surface area contributed by atoms with Crippen LogP contribution in [0.25, 0.3) is 0 Å². The van der Waals surface area contributed by atoms with Crippen molar-refractivity contribution in [3.05, 3.63) is 59.3 Å². The first-order valence-electron chi connectivity index (χ1n) is 7.91. The first kappa shape index (κ1) is 20.2. The highest BCUT2D eigenvalue weighted by Crippen LogP contribution is 2.17. The van der Waals surface area contributed by atoms with Crippen molar-refractivity contribution in [1.29, 1.82) is 0 Å². The number of benzene rings is 1. The highest BCUT2D eigenvalue weighted by atomic mass is 19.4. The number of hydrogen-bond donors (Lipinski definition) is 1. The Kier molecular flexibility index (Phi) is 6.38. The molecule has 0 bridgehead atoms. The summed E-state index contributed by atoms with van der Waals surface area (Å²) in [6, 6.07) is 9.35. The second kappa shape index (κ2) is 8.52. The van der Waals surface area contributed by atoms with E-state index >= 15 is 0 Å². The maximum Gasteiger partial charge on any atom is 0.422 e. The Bertz CT molecular complexity index is 790. The van der Waals surface area contributed by atoms with E-state index in [0.717, 1.165) is 5.56 Å². The second-order valence-electron chi connectivity index (χ2n) is 5.73. The van der Waals surface area contributed by atoms with Crippen LogP contribution in [0.4, 0.5) is 13.2 Å². The van der Waals surface area contributed by atoms with Crippen molar-refractivity contribution in [2.24, 2.45) is 0 Å². The van der Waals surface area contributed by atoms with Crippen molar-refractivity contribution in [3.63, 3.8) is 0 Å². The second-order valence-corrected chi connectivity index (χ2v) is 5.73.